The van der Waals surface area contributed by atoms with Crippen LogP contribution in [-0.2, 0) is 23.1 Å². The maximum Gasteiger partial charge on any atom is 0.257 e. The minimum Gasteiger partial charge on any atom is -0.488 e. The first-order valence-electron chi connectivity index (χ1n) is 10.5. The highest BCUT2D eigenvalue weighted by molar-refractivity contribution is 5.68. The zero-order valence-corrected chi connectivity index (χ0v) is 18.2. The number of hydrogen-bond acceptors (Lipinski definition) is 5. The molecule has 0 atom stereocenters. The van der Waals surface area contributed by atoms with Crippen molar-refractivity contribution in [2.24, 2.45) is 0 Å². The van der Waals surface area contributed by atoms with E-state index in [0.29, 0.717) is 19.1 Å². The monoisotopic (exact) mass is 400 g/mol. The number of methoxy groups -OCH3 is 2. The lowest BCUT2D eigenvalue weighted by Gasteiger charge is -2.42. The average molecular weight is 401 g/mol. The van der Waals surface area contributed by atoms with E-state index >= 15 is 0 Å². The predicted octanol–water partition coefficient (Wildman–Crippen LogP) is 3.97. The summed E-state index contributed by atoms with van der Waals surface area (Å²) in [6.45, 7) is 7.74. The number of fused-ring (bicyclic) bond motifs is 3. The standard InChI is InChI=1S/C23H32N2O4/c1-6-17-18-15-23(7-2,8-3)25-11-10-16(26)14-19(25)20(18)24-22(28-5)21(17)29-13-9-12-27-4/h10-11,14H,6-9,12-13,15H2,1-5H3. The fourth-order valence-corrected chi connectivity index (χ4v) is 4.40. The Morgan fingerprint density at radius 2 is 1.93 bits per heavy atom. The Hall–Kier alpha value is -2.34. The molecule has 6 heteroatoms. The minimum absolute atomic E-state index is 0.0103. The van der Waals surface area contributed by atoms with Crippen molar-refractivity contribution in [1.29, 1.82) is 0 Å². The zero-order chi connectivity index (χ0) is 21.0. The van der Waals surface area contributed by atoms with E-state index in [9.17, 15) is 4.79 Å². The molecule has 0 N–H and O–H groups in total. The highest BCUT2D eigenvalue weighted by atomic mass is 16.5. The number of hydrogen-bond donors (Lipinski definition) is 0. The van der Waals surface area contributed by atoms with Gasteiger partial charge >= 0.3 is 0 Å². The minimum atomic E-state index is -0.0798. The molecule has 0 spiro atoms. The number of pyridine rings is 2. The maximum atomic E-state index is 12.2. The normalized spacial score (nSPS) is 14.2. The van der Waals surface area contributed by atoms with Gasteiger partial charge < -0.3 is 18.8 Å². The van der Waals surface area contributed by atoms with Gasteiger partial charge in [0.2, 0.25) is 0 Å². The van der Waals surface area contributed by atoms with Gasteiger partial charge in [0.1, 0.15) is 0 Å². The first-order chi connectivity index (χ1) is 14.0. The van der Waals surface area contributed by atoms with Gasteiger partial charge in [-0.15, -0.1) is 0 Å². The van der Waals surface area contributed by atoms with E-state index in [1.165, 1.54) is 5.56 Å². The molecule has 2 aromatic heterocycles. The van der Waals surface area contributed by atoms with Crippen LogP contribution >= 0.6 is 0 Å². The van der Waals surface area contributed by atoms with E-state index in [-0.39, 0.29) is 11.0 Å². The van der Waals surface area contributed by atoms with Crippen molar-refractivity contribution in [3.05, 3.63) is 39.7 Å². The van der Waals surface area contributed by atoms with Crippen LogP contribution in [0, 0.1) is 0 Å². The third kappa shape index (κ3) is 3.78. The molecule has 1 aliphatic rings. The van der Waals surface area contributed by atoms with Gasteiger partial charge in [0.25, 0.3) is 5.88 Å². The molecule has 29 heavy (non-hydrogen) atoms. The average Bonchev–Trinajstić information content (AvgIpc) is 2.75. The second kappa shape index (κ2) is 8.99. The van der Waals surface area contributed by atoms with E-state index < -0.39 is 0 Å². The summed E-state index contributed by atoms with van der Waals surface area (Å²) in [5, 5.41) is 0. The maximum absolute atomic E-state index is 12.2. The Kier molecular flexibility index (Phi) is 6.63. The van der Waals surface area contributed by atoms with Gasteiger partial charge in [-0.3, -0.25) is 4.79 Å². The van der Waals surface area contributed by atoms with Crippen LogP contribution < -0.4 is 14.9 Å². The molecule has 0 unspecified atom stereocenters. The Labute approximate surface area is 172 Å². The number of aromatic nitrogens is 2. The Balaban J connectivity index is 2.21. The van der Waals surface area contributed by atoms with Crippen LogP contribution in [0.4, 0.5) is 0 Å². The fraction of sp³-hybridized carbons (Fsp3) is 0.565. The van der Waals surface area contributed by atoms with Gasteiger partial charge in [-0.25, -0.2) is 4.98 Å². The topological polar surface area (TPSA) is 62.6 Å². The molecule has 0 saturated carbocycles. The van der Waals surface area contributed by atoms with Crippen molar-refractivity contribution in [3.8, 4) is 23.0 Å². The van der Waals surface area contributed by atoms with Crippen molar-refractivity contribution < 1.29 is 14.2 Å². The summed E-state index contributed by atoms with van der Waals surface area (Å²) in [6, 6.07) is 3.34. The number of nitrogens with zero attached hydrogens (tertiary/aromatic N) is 2. The molecular weight excluding hydrogens is 368 g/mol. The molecule has 0 fully saturated rings. The van der Waals surface area contributed by atoms with E-state index in [0.717, 1.165) is 54.8 Å². The lowest BCUT2D eigenvalue weighted by Crippen LogP contribution is -2.40. The van der Waals surface area contributed by atoms with Crippen LogP contribution in [-0.4, -0.2) is 37.0 Å². The first-order valence-corrected chi connectivity index (χ1v) is 10.5. The number of ether oxygens (including phenoxy) is 3. The van der Waals surface area contributed by atoms with Crippen molar-refractivity contribution in [3.63, 3.8) is 0 Å². The smallest absolute Gasteiger partial charge is 0.257 e. The molecule has 2 aromatic rings. The molecule has 0 aromatic carbocycles. The summed E-state index contributed by atoms with van der Waals surface area (Å²) in [5.41, 5.74) is 3.90. The Morgan fingerprint density at radius 3 is 2.55 bits per heavy atom. The molecule has 1 aliphatic heterocycles. The molecule has 0 amide bonds. The molecule has 6 nitrogen and oxygen atoms in total. The van der Waals surface area contributed by atoms with Crippen molar-refractivity contribution >= 4 is 0 Å². The van der Waals surface area contributed by atoms with E-state index in [1.54, 1.807) is 26.4 Å². The summed E-state index contributed by atoms with van der Waals surface area (Å²) in [5.74, 6) is 1.19. The molecule has 0 saturated heterocycles. The van der Waals surface area contributed by atoms with E-state index in [2.05, 4.69) is 25.3 Å². The van der Waals surface area contributed by atoms with Gasteiger partial charge in [0, 0.05) is 49.6 Å². The molecule has 0 aliphatic carbocycles. The molecule has 158 valence electrons. The lowest BCUT2D eigenvalue weighted by atomic mass is 9.79. The lowest BCUT2D eigenvalue weighted by molar-refractivity contribution is 0.169. The second-order valence-corrected chi connectivity index (χ2v) is 7.53. The highest BCUT2D eigenvalue weighted by Crippen LogP contribution is 2.46. The van der Waals surface area contributed by atoms with Crippen LogP contribution in [0.3, 0.4) is 0 Å². The molecular formula is C23H32N2O4. The molecule has 0 bridgehead atoms. The highest BCUT2D eigenvalue weighted by Gasteiger charge is 2.38. The summed E-state index contributed by atoms with van der Waals surface area (Å²) in [7, 11) is 3.30. The molecule has 3 heterocycles. The molecule has 0 radical (unpaired) electrons. The van der Waals surface area contributed by atoms with Crippen LogP contribution in [0.2, 0.25) is 0 Å². The van der Waals surface area contributed by atoms with Crippen molar-refractivity contribution in [2.45, 2.75) is 58.4 Å². The largest absolute Gasteiger partial charge is 0.488 e. The summed E-state index contributed by atoms with van der Waals surface area (Å²) < 4.78 is 19.1. The van der Waals surface area contributed by atoms with Crippen molar-refractivity contribution in [1.82, 2.24) is 9.55 Å². The number of rotatable bonds is 9. The summed E-state index contributed by atoms with van der Waals surface area (Å²) in [6.07, 6.45) is 6.33. The van der Waals surface area contributed by atoms with E-state index in [4.69, 9.17) is 19.2 Å². The quantitative estimate of drug-likeness (QED) is 0.596. The first kappa shape index (κ1) is 21.4. The van der Waals surface area contributed by atoms with Gasteiger partial charge in [0.05, 0.1) is 25.1 Å². The zero-order valence-electron chi connectivity index (χ0n) is 18.2. The van der Waals surface area contributed by atoms with Crippen molar-refractivity contribution in [2.75, 3.05) is 27.4 Å². The third-order valence-electron chi connectivity index (χ3n) is 6.12. The van der Waals surface area contributed by atoms with Gasteiger partial charge in [0.15, 0.2) is 11.2 Å². The SMILES string of the molecule is CCc1c2c(nc(OC)c1OCCCOC)-c1cc(=O)ccn1C(CC)(CC)C2. The Bertz CT molecular complexity index is 916. The van der Waals surface area contributed by atoms with Gasteiger partial charge in [-0.1, -0.05) is 20.8 Å². The Morgan fingerprint density at radius 1 is 1.17 bits per heavy atom. The predicted molar refractivity (Wildman–Crippen MR) is 114 cm³/mol. The summed E-state index contributed by atoms with van der Waals surface area (Å²) in [4.78, 5) is 17.0. The van der Waals surface area contributed by atoms with Gasteiger partial charge in [-0.2, -0.15) is 0 Å². The van der Waals surface area contributed by atoms with Crippen LogP contribution in [0.25, 0.3) is 11.4 Å². The van der Waals surface area contributed by atoms with Crippen LogP contribution in [0.1, 0.15) is 51.2 Å². The van der Waals surface area contributed by atoms with Gasteiger partial charge in [-0.05, 0) is 31.2 Å². The van der Waals surface area contributed by atoms with Crippen LogP contribution in [0.15, 0.2) is 23.1 Å². The molecule has 3 rings (SSSR count). The second-order valence-electron chi connectivity index (χ2n) is 7.53. The van der Waals surface area contributed by atoms with Crippen LogP contribution in [0.5, 0.6) is 11.6 Å². The fourth-order valence-electron chi connectivity index (χ4n) is 4.40. The third-order valence-corrected chi connectivity index (χ3v) is 6.12. The van der Waals surface area contributed by atoms with E-state index in [1.807, 2.05) is 6.20 Å². The summed E-state index contributed by atoms with van der Waals surface area (Å²) >= 11 is 0.